The lowest BCUT2D eigenvalue weighted by atomic mass is 9.84. The molecule has 1 heterocycles. The highest BCUT2D eigenvalue weighted by atomic mass is 32.2. The van der Waals surface area contributed by atoms with Crippen LogP contribution in [0.4, 0.5) is 22.0 Å². The van der Waals surface area contributed by atoms with Gasteiger partial charge in [-0.1, -0.05) is 12.1 Å². The van der Waals surface area contributed by atoms with Crippen LogP contribution in [0.1, 0.15) is 28.9 Å². The first-order valence-electron chi connectivity index (χ1n) is 8.24. The van der Waals surface area contributed by atoms with E-state index in [9.17, 15) is 30.4 Å². The number of guanidine groups is 1. The third-order valence-corrected chi connectivity index (χ3v) is 7.15. The largest absolute Gasteiger partial charge is 0.416 e. The Labute approximate surface area is 163 Å². The molecule has 0 spiro atoms. The van der Waals surface area contributed by atoms with Gasteiger partial charge in [0, 0.05) is 12.6 Å². The molecule has 0 amide bonds. The fourth-order valence-electron chi connectivity index (χ4n) is 3.38. The Morgan fingerprint density at radius 1 is 1.10 bits per heavy atom. The van der Waals surface area contributed by atoms with Crippen LogP contribution in [-0.4, -0.2) is 25.7 Å². The Balaban J connectivity index is 2.29. The van der Waals surface area contributed by atoms with Crippen LogP contribution in [0.5, 0.6) is 0 Å². The van der Waals surface area contributed by atoms with Gasteiger partial charge in [0.15, 0.2) is 0 Å². The molecule has 0 fully saturated rings. The predicted octanol–water partition coefficient (Wildman–Crippen LogP) is 3.53. The minimum Gasteiger partial charge on any atom is -0.369 e. The van der Waals surface area contributed by atoms with Crippen molar-refractivity contribution in [3.8, 4) is 0 Å². The van der Waals surface area contributed by atoms with E-state index in [1.165, 1.54) is 6.92 Å². The van der Waals surface area contributed by atoms with Crippen molar-refractivity contribution in [2.24, 2.45) is 10.7 Å². The van der Waals surface area contributed by atoms with Gasteiger partial charge in [-0.3, -0.25) is 0 Å². The summed E-state index contributed by atoms with van der Waals surface area (Å²) >= 11 is 0. The second-order valence-electron chi connectivity index (χ2n) is 6.75. The summed E-state index contributed by atoms with van der Waals surface area (Å²) in [5, 5.41) is -1.65. The second kappa shape index (κ2) is 6.68. The molecule has 0 aliphatic carbocycles. The van der Waals surface area contributed by atoms with E-state index in [4.69, 9.17) is 5.73 Å². The maximum atomic E-state index is 14.6. The highest BCUT2D eigenvalue weighted by Crippen LogP contribution is 2.48. The van der Waals surface area contributed by atoms with Crippen molar-refractivity contribution in [1.82, 2.24) is 4.31 Å². The molecule has 2 N–H and O–H groups in total. The van der Waals surface area contributed by atoms with Crippen LogP contribution in [0.2, 0.25) is 0 Å². The lowest BCUT2D eigenvalue weighted by Gasteiger charge is -2.41. The maximum absolute atomic E-state index is 14.6. The van der Waals surface area contributed by atoms with E-state index in [0.717, 1.165) is 49.5 Å². The van der Waals surface area contributed by atoms with E-state index < -0.39 is 50.1 Å². The van der Waals surface area contributed by atoms with Gasteiger partial charge >= 0.3 is 6.18 Å². The summed E-state index contributed by atoms with van der Waals surface area (Å²) in [4.78, 5) is 4.10. The number of halogens is 5. The lowest BCUT2D eigenvalue weighted by Crippen LogP contribution is -2.52. The summed E-state index contributed by atoms with van der Waals surface area (Å²) in [7, 11) is -3.21. The molecule has 1 aliphatic rings. The number of aliphatic imine (C=N–C) groups is 1. The third-order valence-electron chi connectivity index (χ3n) is 4.87. The molecule has 1 aliphatic heterocycles. The highest BCUT2D eigenvalue weighted by Gasteiger charge is 2.52. The number of alkyl halides is 3. The maximum Gasteiger partial charge on any atom is 0.416 e. The van der Waals surface area contributed by atoms with E-state index in [-0.39, 0.29) is 11.1 Å². The molecule has 0 saturated carbocycles. The average molecular weight is 433 g/mol. The molecule has 5 nitrogen and oxygen atoms in total. The zero-order chi connectivity index (χ0) is 21.8. The molecular weight excluding hydrogens is 417 g/mol. The quantitative estimate of drug-likeness (QED) is 0.737. The Bertz CT molecular complexity index is 1080. The van der Waals surface area contributed by atoms with Crippen molar-refractivity contribution in [1.29, 1.82) is 0 Å². The van der Waals surface area contributed by atoms with Crippen LogP contribution in [0.25, 0.3) is 0 Å². The molecule has 0 aromatic heterocycles. The van der Waals surface area contributed by atoms with Gasteiger partial charge in [-0.2, -0.15) is 13.2 Å². The van der Waals surface area contributed by atoms with Crippen LogP contribution in [-0.2, 0) is 21.7 Å². The Hall–Kier alpha value is -2.69. The summed E-state index contributed by atoms with van der Waals surface area (Å²) in [5.74, 6) is -2.22. The summed E-state index contributed by atoms with van der Waals surface area (Å²) < 4.78 is 93.9. The number of hydrogen-bond donors (Lipinski definition) is 1. The summed E-state index contributed by atoms with van der Waals surface area (Å²) in [6.45, 7) is 1.24. The van der Waals surface area contributed by atoms with E-state index >= 15 is 0 Å². The molecular formula is C18H16F5N3O2S. The Morgan fingerprint density at radius 3 is 2.24 bits per heavy atom. The smallest absolute Gasteiger partial charge is 0.369 e. The van der Waals surface area contributed by atoms with Crippen LogP contribution < -0.4 is 5.73 Å². The number of benzene rings is 2. The first-order chi connectivity index (χ1) is 13.3. The van der Waals surface area contributed by atoms with Crippen molar-refractivity contribution in [3.63, 3.8) is 0 Å². The van der Waals surface area contributed by atoms with Gasteiger partial charge in [0.05, 0.1) is 5.56 Å². The normalized spacial score (nSPS) is 24.3. The molecule has 11 heteroatoms. The lowest BCUT2D eigenvalue weighted by molar-refractivity contribution is -0.137. The fourth-order valence-corrected chi connectivity index (χ4v) is 5.25. The van der Waals surface area contributed by atoms with Crippen LogP contribution >= 0.6 is 0 Å². The number of rotatable bonds is 2. The van der Waals surface area contributed by atoms with Crippen molar-refractivity contribution in [2.75, 3.05) is 7.05 Å². The molecule has 0 bridgehead atoms. The SMILES string of the molecule is CN1C(N)=N[C@](C)(c2cc(F)ccc2F)[C@H](c2ccc(C(F)(F)F)cc2)S1(=O)=O. The van der Waals surface area contributed by atoms with Gasteiger partial charge in [0.2, 0.25) is 16.0 Å². The molecule has 3 rings (SSSR count). The zero-order valence-corrected chi connectivity index (χ0v) is 16.0. The molecule has 0 saturated heterocycles. The van der Waals surface area contributed by atoms with Crippen molar-refractivity contribution in [3.05, 3.63) is 70.8 Å². The second-order valence-corrected chi connectivity index (χ2v) is 8.80. The van der Waals surface area contributed by atoms with E-state index in [0.29, 0.717) is 4.31 Å². The zero-order valence-electron chi connectivity index (χ0n) is 15.2. The fraction of sp³-hybridized carbons (Fsp3) is 0.278. The number of nitrogens with two attached hydrogens (primary N) is 1. The molecule has 0 radical (unpaired) electrons. The number of hydrogen-bond acceptors (Lipinski definition) is 4. The summed E-state index contributed by atoms with van der Waals surface area (Å²) in [5.41, 5.74) is 2.33. The van der Waals surface area contributed by atoms with Crippen molar-refractivity contribution in [2.45, 2.75) is 23.9 Å². The standard InChI is InChI=1S/C18H16F5N3O2S/c1-17(13-9-12(19)7-8-14(13)20)15(29(27,28)26(2)16(24)25-17)10-3-5-11(6-4-10)18(21,22)23/h3-9,15H,1-2H3,(H2,24,25)/t15-,17+/m0/s1. The van der Waals surface area contributed by atoms with Gasteiger partial charge in [-0.15, -0.1) is 0 Å². The van der Waals surface area contributed by atoms with Gasteiger partial charge in [-0.05, 0) is 42.8 Å². The van der Waals surface area contributed by atoms with Crippen LogP contribution in [0.15, 0.2) is 47.5 Å². The van der Waals surface area contributed by atoms with Gasteiger partial charge in [-0.25, -0.2) is 26.5 Å². The monoisotopic (exact) mass is 433 g/mol. The molecule has 156 valence electrons. The van der Waals surface area contributed by atoms with Crippen LogP contribution in [0.3, 0.4) is 0 Å². The summed E-state index contributed by atoms with van der Waals surface area (Å²) in [6, 6.07) is 5.85. The molecule has 29 heavy (non-hydrogen) atoms. The molecule has 2 aromatic carbocycles. The topological polar surface area (TPSA) is 75.8 Å². The third kappa shape index (κ3) is 3.43. The highest BCUT2D eigenvalue weighted by molar-refractivity contribution is 7.90. The van der Waals surface area contributed by atoms with E-state index in [2.05, 4.69) is 4.99 Å². The van der Waals surface area contributed by atoms with E-state index in [1.807, 2.05) is 0 Å². The summed E-state index contributed by atoms with van der Waals surface area (Å²) in [6.07, 6.45) is -4.62. The van der Waals surface area contributed by atoms with Gasteiger partial charge < -0.3 is 5.73 Å². The van der Waals surface area contributed by atoms with E-state index in [1.54, 1.807) is 0 Å². The van der Waals surface area contributed by atoms with Crippen molar-refractivity contribution >= 4 is 16.0 Å². The number of sulfonamides is 1. The minimum absolute atomic E-state index is 0.0766. The average Bonchev–Trinajstić information content (AvgIpc) is 2.61. The van der Waals surface area contributed by atoms with Crippen LogP contribution in [0, 0.1) is 11.6 Å². The molecule has 2 aromatic rings. The number of nitrogens with zero attached hydrogens (tertiary/aromatic N) is 2. The first kappa shape index (κ1) is 21.0. The molecule has 0 unspecified atom stereocenters. The van der Waals surface area contributed by atoms with Crippen molar-refractivity contribution < 1.29 is 30.4 Å². The Morgan fingerprint density at radius 2 is 1.69 bits per heavy atom. The predicted molar refractivity (Wildman–Crippen MR) is 96.2 cm³/mol. The van der Waals surface area contributed by atoms with Gasteiger partial charge in [0.1, 0.15) is 22.4 Å². The Kier molecular flexibility index (Phi) is 4.85. The first-order valence-corrected chi connectivity index (χ1v) is 9.74. The molecule has 2 atom stereocenters. The minimum atomic E-state index is -4.62. The van der Waals surface area contributed by atoms with Gasteiger partial charge in [0.25, 0.3) is 0 Å².